The Kier molecular flexibility index (Phi) is 21.0. The van der Waals surface area contributed by atoms with Crippen LogP contribution in [0.5, 0.6) is 0 Å². The molecule has 0 aromatic heterocycles. The van der Waals surface area contributed by atoms with Crippen LogP contribution in [0, 0.1) is 0 Å². The van der Waals surface area contributed by atoms with E-state index < -0.39 is 0 Å². The molecule has 0 heterocycles. The van der Waals surface area contributed by atoms with Gasteiger partial charge in [0.2, 0.25) is 0 Å². The van der Waals surface area contributed by atoms with E-state index in [9.17, 15) is 0 Å². The van der Waals surface area contributed by atoms with Crippen LogP contribution < -0.4 is 0 Å². The number of aliphatic imine (C=N–C) groups is 2. The summed E-state index contributed by atoms with van der Waals surface area (Å²) in [5, 5.41) is 0. The fourth-order valence-electron chi connectivity index (χ4n) is 5.55. The molecule has 2 aromatic carbocycles. The maximum absolute atomic E-state index is 5.40. The molecule has 0 saturated carbocycles. The van der Waals surface area contributed by atoms with Gasteiger partial charge in [-0.2, -0.15) is 0 Å². The van der Waals surface area contributed by atoms with Crippen molar-refractivity contribution in [2.75, 3.05) is 0 Å². The SMILES string of the molecule is CCCCCCCCC(=Nc1cc(CC)cc(CC)c1)C(CCCCCC)=Nc1ccc(CCC)c(CCC)c1.[Pd]. The number of rotatable bonds is 21. The zero-order valence-electron chi connectivity index (χ0n) is 27.4. The second-order valence-corrected chi connectivity index (χ2v) is 11.6. The molecule has 0 aliphatic rings. The maximum Gasteiger partial charge on any atom is 0.0639 e. The van der Waals surface area contributed by atoms with E-state index in [0.29, 0.717) is 0 Å². The smallest absolute Gasteiger partial charge is 0.0639 e. The van der Waals surface area contributed by atoms with Gasteiger partial charge in [-0.25, -0.2) is 0 Å². The number of hydrogen-bond acceptors (Lipinski definition) is 2. The Morgan fingerprint density at radius 3 is 1.51 bits per heavy atom. The van der Waals surface area contributed by atoms with E-state index in [2.05, 4.69) is 77.9 Å². The van der Waals surface area contributed by atoms with Crippen LogP contribution >= 0.6 is 0 Å². The molecule has 2 aromatic rings. The van der Waals surface area contributed by atoms with E-state index in [1.165, 1.54) is 111 Å². The number of aryl methyl sites for hydroxylation is 4. The largest absolute Gasteiger partial charge is 0.252 e. The van der Waals surface area contributed by atoms with Crippen LogP contribution in [0.4, 0.5) is 11.4 Å². The van der Waals surface area contributed by atoms with Gasteiger partial charge >= 0.3 is 0 Å². The Morgan fingerprint density at radius 2 is 0.976 bits per heavy atom. The van der Waals surface area contributed by atoms with E-state index in [-0.39, 0.29) is 20.4 Å². The van der Waals surface area contributed by atoms with Crippen molar-refractivity contribution in [2.45, 2.75) is 157 Å². The second kappa shape index (κ2) is 23.0. The van der Waals surface area contributed by atoms with Crippen molar-refractivity contribution >= 4 is 22.8 Å². The third kappa shape index (κ3) is 14.4. The normalized spacial score (nSPS) is 12.0. The minimum absolute atomic E-state index is 0. The molecule has 232 valence electrons. The molecule has 0 saturated heterocycles. The van der Waals surface area contributed by atoms with Gasteiger partial charge in [0.05, 0.1) is 22.8 Å². The van der Waals surface area contributed by atoms with Crippen molar-refractivity contribution in [3.05, 3.63) is 58.7 Å². The van der Waals surface area contributed by atoms with Crippen molar-refractivity contribution in [3.63, 3.8) is 0 Å². The number of nitrogens with zero attached hydrogens (tertiary/aromatic N) is 2. The summed E-state index contributed by atoms with van der Waals surface area (Å²) in [6.45, 7) is 13.6. The monoisotopic (exact) mass is 650 g/mol. The topological polar surface area (TPSA) is 24.7 Å². The molecule has 0 atom stereocenters. The Balaban J connectivity index is 0.00000840. The van der Waals surface area contributed by atoms with Crippen molar-refractivity contribution in [1.29, 1.82) is 0 Å². The molecular weight excluding hydrogens is 591 g/mol. The van der Waals surface area contributed by atoms with Crippen LogP contribution in [0.3, 0.4) is 0 Å². The number of benzene rings is 2. The Labute approximate surface area is 268 Å². The molecule has 41 heavy (non-hydrogen) atoms. The third-order valence-corrected chi connectivity index (χ3v) is 7.98. The van der Waals surface area contributed by atoms with Crippen LogP contribution in [0.1, 0.15) is 154 Å². The fraction of sp³-hybridized carbons (Fsp3) is 0.632. The van der Waals surface area contributed by atoms with Crippen molar-refractivity contribution in [2.24, 2.45) is 9.98 Å². The molecule has 0 bridgehead atoms. The molecule has 2 rings (SSSR count). The first-order valence-electron chi connectivity index (χ1n) is 17.0. The standard InChI is InChI=1S/C38H60N2.Pd/c1-7-13-15-17-18-20-24-38(40-36-28-31(11-5)27-32(12-6)29-36)37(23-19-16-14-8-2)39-35-26-25-33(21-9-3)34(30-35)22-10-4;/h25-30H,7-24H2,1-6H3;. The summed E-state index contributed by atoms with van der Waals surface area (Å²) in [5.41, 5.74) is 10.4. The number of unbranched alkanes of at least 4 members (excludes halogenated alkanes) is 8. The van der Waals surface area contributed by atoms with Crippen LogP contribution in [-0.2, 0) is 46.1 Å². The molecule has 0 unspecified atom stereocenters. The van der Waals surface area contributed by atoms with Gasteiger partial charge in [-0.3, -0.25) is 9.98 Å². The summed E-state index contributed by atoms with van der Waals surface area (Å²) in [7, 11) is 0. The van der Waals surface area contributed by atoms with Crippen LogP contribution in [-0.4, -0.2) is 11.4 Å². The van der Waals surface area contributed by atoms with Gasteiger partial charge in [0.25, 0.3) is 0 Å². The molecule has 0 spiro atoms. The predicted molar refractivity (Wildman–Crippen MR) is 181 cm³/mol. The third-order valence-electron chi connectivity index (χ3n) is 7.98. The summed E-state index contributed by atoms with van der Waals surface area (Å²) in [6, 6.07) is 13.9. The summed E-state index contributed by atoms with van der Waals surface area (Å²) in [6.07, 6.45) is 21.6. The molecule has 0 amide bonds. The van der Waals surface area contributed by atoms with Gasteiger partial charge in [-0.15, -0.1) is 0 Å². The Morgan fingerprint density at radius 1 is 0.488 bits per heavy atom. The summed E-state index contributed by atoms with van der Waals surface area (Å²) in [4.78, 5) is 10.8. The maximum atomic E-state index is 5.40. The van der Waals surface area contributed by atoms with E-state index >= 15 is 0 Å². The van der Waals surface area contributed by atoms with Gasteiger partial charge in [0.15, 0.2) is 0 Å². The van der Waals surface area contributed by atoms with Crippen LogP contribution in [0.25, 0.3) is 0 Å². The zero-order valence-corrected chi connectivity index (χ0v) is 29.0. The minimum atomic E-state index is 0. The van der Waals surface area contributed by atoms with Crippen molar-refractivity contribution in [1.82, 2.24) is 0 Å². The first-order valence-corrected chi connectivity index (χ1v) is 17.0. The van der Waals surface area contributed by atoms with Gasteiger partial charge in [-0.1, -0.05) is 118 Å². The molecule has 0 radical (unpaired) electrons. The average molecular weight is 651 g/mol. The molecule has 0 aliphatic carbocycles. The van der Waals surface area contributed by atoms with Crippen molar-refractivity contribution in [3.8, 4) is 0 Å². The second-order valence-electron chi connectivity index (χ2n) is 11.6. The van der Waals surface area contributed by atoms with E-state index in [4.69, 9.17) is 9.98 Å². The summed E-state index contributed by atoms with van der Waals surface area (Å²) in [5.74, 6) is 0. The zero-order chi connectivity index (χ0) is 29.0. The van der Waals surface area contributed by atoms with E-state index in [1.807, 2.05) is 0 Å². The first kappa shape index (κ1) is 37.5. The molecule has 3 heteroatoms. The van der Waals surface area contributed by atoms with E-state index in [1.54, 1.807) is 0 Å². The fourth-order valence-corrected chi connectivity index (χ4v) is 5.55. The van der Waals surface area contributed by atoms with E-state index in [0.717, 1.165) is 49.9 Å². The number of hydrogen-bond donors (Lipinski definition) is 0. The van der Waals surface area contributed by atoms with Crippen molar-refractivity contribution < 1.29 is 20.4 Å². The summed E-state index contributed by atoms with van der Waals surface area (Å²) < 4.78 is 0. The predicted octanol–water partition coefficient (Wildman–Crippen LogP) is 12.3. The summed E-state index contributed by atoms with van der Waals surface area (Å²) >= 11 is 0. The van der Waals surface area contributed by atoms with Crippen LogP contribution in [0.2, 0.25) is 0 Å². The quantitative estimate of drug-likeness (QED) is 0.0729. The minimum Gasteiger partial charge on any atom is -0.252 e. The van der Waals surface area contributed by atoms with Crippen LogP contribution in [0.15, 0.2) is 46.4 Å². The Bertz CT molecular complexity index is 1010. The van der Waals surface area contributed by atoms with Gasteiger partial charge in [0.1, 0.15) is 0 Å². The molecular formula is C38H60N2Pd. The average Bonchev–Trinajstić information content (AvgIpc) is 2.97. The Hall–Kier alpha value is -1.56. The molecule has 2 nitrogen and oxygen atoms in total. The first-order chi connectivity index (χ1) is 19.6. The van der Waals surface area contributed by atoms with Gasteiger partial charge < -0.3 is 0 Å². The molecule has 0 N–H and O–H groups in total. The molecule has 0 aliphatic heterocycles. The van der Waals surface area contributed by atoms with Gasteiger partial charge in [0, 0.05) is 20.4 Å². The molecule has 0 fully saturated rings. The van der Waals surface area contributed by atoms with Gasteiger partial charge in [-0.05, 0) is 97.9 Å².